The maximum Gasteiger partial charge on any atom is 0.416 e. The normalized spacial score (nSPS) is 11.9. The van der Waals surface area contributed by atoms with Gasteiger partial charge in [0.25, 0.3) is 0 Å². The van der Waals surface area contributed by atoms with Crippen LogP contribution in [0.4, 0.5) is 13.2 Å². The highest BCUT2D eigenvalue weighted by Gasteiger charge is 2.30. The fraction of sp³-hybridized carbons (Fsp3) is 0.250. The molecule has 6 heteroatoms. The van der Waals surface area contributed by atoms with Gasteiger partial charge in [-0.25, -0.2) is 4.98 Å². The molecule has 0 fully saturated rings. The first-order valence-corrected chi connectivity index (χ1v) is 8.19. The summed E-state index contributed by atoms with van der Waals surface area (Å²) in [4.78, 5) is 6.49. The van der Waals surface area contributed by atoms with Crippen LogP contribution in [0.3, 0.4) is 0 Å². The summed E-state index contributed by atoms with van der Waals surface area (Å²) in [6, 6.07) is 15.0. The number of aromatic nitrogens is 1. The van der Waals surface area contributed by atoms with E-state index in [0.29, 0.717) is 17.9 Å². The van der Waals surface area contributed by atoms with E-state index in [1.165, 1.54) is 11.6 Å². The number of benzene rings is 2. The molecule has 26 heavy (non-hydrogen) atoms. The number of rotatable bonds is 5. The molecular weight excluding hydrogens is 341 g/mol. The van der Waals surface area contributed by atoms with Crippen LogP contribution < -0.4 is 0 Å². The van der Waals surface area contributed by atoms with Gasteiger partial charge in [-0.2, -0.15) is 13.2 Å². The topological polar surface area (TPSA) is 29.3 Å². The molecule has 0 aliphatic heterocycles. The van der Waals surface area contributed by atoms with Crippen LogP contribution in [0.1, 0.15) is 22.6 Å². The lowest BCUT2D eigenvalue weighted by Crippen LogP contribution is -2.17. The van der Waals surface area contributed by atoms with Gasteiger partial charge < -0.3 is 4.42 Å². The van der Waals surface area contributed by atoms with E-state index in [-0.39, 0.29) is 5.89 Å². The van der Waals surface area contributed by atoms with Crippen molar-refractivity contribution in [2.45, 2.75) is 26.2 Å². The molecule has 0 atom stereocenters. The average molecular weight is 360 g/mol. The molecule has 0 saturated heterocycles. The maximum absolute atomic E-state index is 12.9. The summed E-state index contributed by atoms with van der Waals surface area (Å²) >= 11 is 0. The molecule has 0 aliphatic carbocycles. The first-order chi connectivity index (χ1) is 12.3. The number of aryl methyl sites for hydroxylation is 1. The van der Waals surface area contributed by atoms with Gasteiger partial charge in [0, 0.05) is 18.7 Å². The summed E-state index contributed by atoms with van der Waals surface area (Å²) in [5.74, 6) is 0.814. The summed E-state index contributed by atoms with van der Waals surface area (Å²) in [6.45, 7) is 3.06. The SMILES string of the molecule is Cc1oc(-c2cccc(C(F)(F)F)c2)nc1CN(C)Cc1ccccc1. The number of oxazole rings is 1. The van der Waals surface area contributed by atoms with Crippen LogP contribution in [-0.2, 0) is 19.3 Å². The number of alkyl halides is 3. The molecule has 0 spiro atoms. The van der Waals surface area contributed by atoms with Gasteiger partial charge in [-0.15, -0.1) is 0 Å². The third kappa shape index (κ3) is 4.32. The zero-order valence-electron chi connectivity index (χ0n) is 14.5. The molecule has 0 amide bonds. The summed E-state index contributed by atoms with van der Waals surface area (Å²) in [5, 5.41) is 0. The predicted octanol–water partition coefficient (Wildman–Crippen LogP) is 5.30. The monoisotopic (exact) mass is 360 g/mol. The molecule has 0 radical (unpaired) electrons. The van der Waals surface area contributed by atoms with E-state index >= 15 is 0 Å². The molecule has 0 bridgehead atoms. The Morgan fingerprint density at radius 3 is 2.42 bits per heavy atom. The molecule has 0 unspecified atom stereocenters. The van der Waals surface area contributed by atoms with Crippen molar-refractivity contribution in [1.29, 1.82) is 0 Å². The van der Waals surface area contributed by atoms with Gasteiger partial charge >= 0.3 is 6.18 Å². The summed E-state index contributed by atoms with van der Waals surface area (Å²) in [7, 11) is 1.96. The molecule has 0 N–H and O–H groups in total. The highest BCUT2D eigenvalue weighted by molar-refractivity contribution is 5.55. The Morgan fingerprint density at radius 2 is 1.73 bits per heavy atom. The van der Waals surface area contributed by atoms with Gasteiger partial charge in [-0.3, -0.25) is 4.90 Å². The molecule has 3 nitrogen and oxygen atoms in total. The first-order valence-electron chi connectivity index (χ1n) is 8.19. The standard InChI is InChI=1S/C20H19F3N2O/c1-14-18(13-25(2)12-15-7-4-3-5-8-15)24-19(26-14)16-9-6-10-17(11-16)20(21,22)23/h3-11H,12-13H2,1-2H3. The zero-order valence-corrected chi connectivity index (χ0v) is 14.5. The van der Waals surface area contributed by atoms with Gasteiger partial charge in [0.2, 0.25) is 5.89 Å². The molecule has 3 aromatic rings. The highest BCUT2D eigenvalue weighted by atomic mass is 19.4. The van der Waals surface area contributed by atoms with E-state index in [9.17, 15) is 13.2 Å². The fourth-order valence-electron chi connectivity index (χ4n) is 2.73. The van der Waals surface area contributed by atoms with E-state index in [4.69, 9.17) is 4.42 Å². The van der Waals surface area contributed by atoms with Crippen LogP contribution in [0, 0.1) is 6.92 Å². The van der Waals surface area contributed by atoms with Crippen molar-refractivity contribution in [2.24, 2.45) is 0 Å². The van der Waals surface area contributed by atoms with Crippen molar-refractivity contribution >= 4 is 0 Å². The Morgan fingerprint density at radius 1 is 1.00 bits per heavy atom. The van der Waals surface area contributed by atoms with E-state index in [1.54, 1.807) is 13.0 Å². The van der Waals surface area contributed by atoms with Crippen LogP contribution in [0.15, 0.2) is 59.0 Å². The van der Waals surface area contributed by atoms with Gasteiger partial charge in [-0.1, -0.05) is 36.4 Å². The van der Waals surface area contributed by atoms with Gasteiger partial charge in [0.15, 0.2) is 0 Å². The van der Waals surface area contributed by atoms with Crippen molar-refractivity contribution in [2.75, 3.05) is 7.05 Å². The summed E-state index contributed by atoms with van der Waals surface area (Å²) in [5.41, 5.74) is 1.50. The van der Waals surface area contributed by atoms with Crippen LogP contribution in [0.25, 0.3) is 11.5 Å². The molecule has 0 aliphatic rings. The van der Waals surface area contributed by atoms with E-state index in [2.05, 4.69) is 9.88 Å². The Balaban J connectivity index is 1.77. The van der Waals surface area contributed by atoms with Gasteiger partial charge in [0.1, 0.15) is 5.76 Å². The van der Waals surface area contributed by atoms with Gasteiger partial charge in [0.05, 0.1) is 11.3 Å². The average Bonchev–Trinajstić information content (AvgIpc) is 2.96. The molecule has 136 valence electrons. The van der Waals surface area contributed by atoms with Crippen molar-refractivity contribution in [3.63, 3.8) is 0 Å². The minimum Gasteiger partial charge on any atom is -0.441 e. The van der Waals surface area contributed by atoms with Crippen molar-refractivity contribution in [1.82, 2.24) is 9.88 Å². The molecule has 2 aromatic carbocycles. The van der Waals surface area contributed by atoms with Crippen molar-refractivity contribution in [3.8, 4) is 11.5 Å². The number of hydrogen-bond acceptors (Lipinski definition) is 3. The molecule has 1 heterocycles. The Labute approximate surface area is 150 Å². The third-order valence-corrected chi connectivity index (χ3v) is 4.04. The summed E-state index contributed by atoms with van der Waals surface area (Å²) in [6.07, 6.45) is -4.39. The molecular formula is C20H19F3N2O. The second kappa shape index (κ2) is 7.33. The lowest BCUT2D eigenvalue weighted by atomic mass is 10.1. The number of halogens is 3. The number of nitrogens with zero attached hydrogens (tertiary/aromatic N) is 2. The fourth-order valence-corrected chi connectivity index (χ4v) is 2.73. The Bertz CT molecular complexity index is 872. The zero-order chi connectivity index (χ0) is 18.7. The Hall–Kier alpha value is -2.60. The maximum atomic E-state index is 12.9. The van der Waals surface area contributed by atoms with Crippen molar-refractivity contribution in [3.05, 3.63) is 77.2 Å². The molecule has 3 rings (SSSR count). The number of hydrogen-bond donors (Lipinski definition) is 0. The van der Waals surface area contributed by atoms with Crippen LogP contribution in [0.5, 0.6) is 0 Å². The van der Waals surface area contributed by atoms with E-state index < -0.39 is 11.7 Å². The van der Waals surface area contributed by atoms with Crippen LogP contribution in [-0.4, -0.2) is 16.9 Å². The van der Waals surface area contributed by atoms with Crippen molar-refractivity contribution < 1.29 is 17.6 Å². The largest absolute Gasteiger partial charge is 0.441 e. The van der Waals surface area contributed by atoms with E-state index in [1.807, 2.05) is 37.4 Å². The van der Waals surface area contributed by atoms with Gasteiger partial charge in [-0.05, 0) is 37.7 Å². The second-order valence-corrected chi connectivity index (χ2v) is 6.26. The minimum absolute atomic E-state index is 0.205. The molecule has 1 aromatic heterocycles. The predicted molar refractivity (Wildman–Crippen MR) is 93.3 cm³/mol. The quantitative estimate of drug-likeness (QED) is 0.618. The minimum atomic E-state index is -4.39. The Kier molecular flexibility index (Phi) is 5.13. The lowest BCUT2D eigenvalue weighted by molar-refractivity contribution is -0.137. The van der Waals surface area contributed by atoms with E-state index in [0.717, 1.165) is 24.4 Å². The first kappa shape index (κ1) is 18.2. The third-order valence-electron chi connectivity index (χ3n) is 4.04. The summed E-state index contributed by atoms with van der Waals surface area (Å²) < 4.78 is 44.3. The van der Waals surface area contributed by atoms with Crippen LogP contribution >= 0.6 is 0 Å². The smallest absolute Gasteiger partial charge is 0.416 e. The second-order valence-electron chi connectivity index (χ2n) is 6.26. The highest BCUT2D eigenvalue weighted by Crippen LogP contribution is 2.32. The lowest BCUT2D eigenvalue weighted by Gasteiger charge is -2.15. The van der Waals surface area contributed by atoms with Crippen LogP contribution in [0.2, 0.25) is 0 Å². The molecule has 0 saturated carbocycles.